The van der Waals surface area contributed by atoms with Crippen LogP contribution in [0.15, 0.2) is 34.9 Å². The van der Waals surface area contributed by atoms with E-state index in [1.54, 1.807) is 13.3 Å². The molecular formula is C13H15BrN4O. The fourth-order valence-electron chi connectivity index (χ4n) is 1.57. The number of methoxy groups -OCH3 is 1. The summed E-state index contributed by atoms with van der Waals surface area (Å²) < 4.78 is 6.09. The molecule has 0 atom stereocenters. The van der Waals surface area contributed by atoms with E-state index in [4.69, 9.17) is 4.74 Å². The first-order valence-corrected chi connectivity index (χ1v) is 6.70. The lowest BCUT2D eigenvalue weighted by Crippen LogP contribution is -2.05. The zero-order chi connectivity index (χ0) is 13.7. The highest BCUT2D eigenvalue weighted by Gasteiger charge is 2.08. The molecule has 100 valence electrons. The number of aromatic nitrogens is 2. The monoisotopic (exact) mass is 322 g/mol. The topological polar surface area (TPSA) is 59.1 Å². The van der Waals surface area contributed by atoms with Gasteiger partial charge in [0.05, 0.1) is 17.3 Å². The average molecular weight is 323 g/mol. The van der Waals surface area contributed by atoms with E-state index in [2.05, 4.69) is 36.5 Å². The number of rotatable bonds is 5. The van der Waals surface area contributed by atoms with E-state index in [0.717, 1.165) is 22.5 Å². The van der Waals surface area contributed by atoms with Gasteiger partial charge >= 0.3 is 0 Å². The summed E-state index contributed by atoms with van der Waals surface area (Å²) in [6, 6.07) is 7.68. The van der Waals surface area contributed by atoms with Crippen LogP contribution in [0.2, 0.25) is 0 Å². The molecule has 19 heavy (non-hydrogen) atoms. The van der Waals surface area contributed by atoms with Gasteiger partial charge in [0.2, 0.25) is 5.95 Å². The summed E-state index contributed by atoms with van der Waals surface area (Å²) in [4.78, 5) is 8.57. The zero-order valence-corrected chi connectivity index (χ0v) is 12.4. The second kappa shape index (κ2) is 6.38. The Bertz CT molecular complexity index is 562. The molecule has 1 heterocycles. The van der Waals surface area contributed by atoms with E-state index in [-0.39, 0.29) is 0 Å². The lowest BCUT2D eigenvalue weighted by Gasteiger charge is -2.12. The van der Waals surface area contributed by atoms with Gasteiger partial charge in [0, 0.05) is 12.7 Å². The van der Waals surface area contributed by atoms with Gasteiger partial charge in [0.1, 0.15) is 11.6 Å². The molecule has 1 aromatic heterocycles. The minimum atomic E-state index is 0.586. The Labute approximate surface area is 120 Å². The molecule has 5 nitrogen and oxygen atoms in total. The van der Waals surface area contributed by atoms with Crippen LogP contribution < -0.4 is 15.4 Å². The third-order valence-corrected chi connectivity index (χ3v) is 3.02. The van der Waals surface area contributed by atoms with Crippen molar-refractivity contribution in [3.63, 3.8) is 0 Å². The van der Waals surface area contributed by atoms with Crippen LogP contribution >= 0.6 is 15.9 Å². The largest absolute Gasteiger partial charge is 0.495 e. The maximum atomic E-state index is 5.30. The Morgan fingerprint density at radius 3 is 2.84 bits per heavy atom. The van der Waals surface area contributed by atoms with Gasteiger partial charge in [-0.25, -0.2) is 4.98 Å². The van der Waals surface area contributed by atoms with Crippen molar-refractivity contribution in [3.8, 4) is 5.75 Å². The Morgan fingerprint density at radius 1 is 1.32 bits per heavy atom. The molecule has 0 bridgehead atoms. The van der Waals surface area contributed by atoms with Crippen molar-refractivity contribution in [2.45, 2.75) is 6.92 Å². The number of nitrogens with zero attached hydrogens (tertiary/aromatic N) is 2. The third kappa shape index (κ3) is 3.35. The standard InChI is InChI=1S/C13H15BrN4O/c1-3-15-13-16-8-9(14)12(18-13)17-10-6-4-5-7-11(10)19-2/h4-8H,3H2,1-2H3,(H2,15,16,17,18). The van der Waals surface area contributed by atoms with Gasteiger partial charge in [-0.2, -0.15) is 4.98 Å². The maximum absolute atomic E-state index is 5.30. The molecule has 0 aliphatic heterocycles. The normalized spacial score (nSPS) is 10.1. The molecule has 1 aromatic carbocycles. The number of ether oxygens (including phenoxy) is 1. The van der Waals surface area contributed by atoms with Crippen molar-refractivity contribution >= 4 is 33.4 Å². The van der Waals surface area contributed by atoms with Gasteiger partial charge in [-0.3, -0.25) is 0 Å². The molecule has 2 rings (SSSR count). The van der Waals surface area contributed by atoms with Gasteiger partial charge < -0.3 is 15.4 Å². The summed E-state index contributed by atoms with van der Waals surface area (Å²) in [5, 5.41) is 6.30. The fraction of sp³-hybridized carbons (Fsp3) is 0.231. The smallest absolute Gasteiger partial charge is 0.224 e. The first-order chi connectivity index (χ1) is 9.24. The molecule has 0 aliphatic carbocycles. The predicted molar refractivity (Wildman–Crippen MR) is 80.2 cm³/mol. The van der Waals surface area contributed by atoms with Gasteiger partial charge in [-0.05, 0) is 35.0 Å². The number of para-hydroxylation sites is 2. The highest BCUT2D eigenvalue weighted by molar-refractivity contribution is 9.10. The third-order valence-electron chi connectivity index (χ3n) is 2.44. The van der Waals surface area contributed by atoms with E-state index >= 15 is 0 Å². The minimum absolute atomic E-state index is 0.586. The molecule has 0 unspecified atom stereocenters. The van der Waals surface area contributed by atoms with Gasteiger partial charge in [-0.15, -0.1) is 0 Å². The van der Waals surface area contributed by atoms with Crippen LogP contribution in [0.1, 0.15) is 6.92 Å². The van der Waals surface area contributed by atoms with Crippen LogP contribution in [0.25, 0.3) is 0 Å². The second-order valence-electron chi connectivity index (χ2n) is 3.75. The van der Waals surface area contributed by atoms with Crippen molar-refractivity contribution in [1.29, 1.82) is 0 Å². The van der Waals surface area contributed by atoms with Crippen molar-refractivity contribution < 1.29 is 4.74 Å². The molecule has 0 radical (unpaired) electrons. The lowest BCUT2D eigenvalue weighted by molar-refractivity contribution is 0.417. The summed E-state index contributed by atoms with van der Waals surface area (Å²) in [6.45, 7) is 2.77. The molecule has 0 saturated carbocycles. The van der Waals surface area contributed by atoms with E-state index in [9.17, 15) is 0 Å². The van der Waals surface area contributed by atoms with E-state index in [1.807, 2.05) is 31.2 Å². The van der Waals surface area contributed by atoms with E-state index < -0.39 is 0 Å². The van der Waals surface area contributed by atoms with Gasteiger partial charge in [0.15, 0.2) is 0 Å². The van der Waals surface area contributed by atoms with Crippen LogP contribution in [0.3, 0.4) is 0 Å². The number of anilines is 3. The molecule has 0 spiro atoms. The Morgan fingerprint density at radius 2 is 2.11 bits per heavy atom. The van der Waals surface area contributed by atoms with Crippen LogP contribution in [-0.4, -0.2) is 23.6 Å². The Balaban J connectivity index is 2.29. The van der Waals surface area contributed by atoms with Gasteiger partial charge in [0.25, 0.3) is 0 Å². The average Bonchev–Trinajstić information content (AvgIpc) is 2.43. The maximum Gasteiger partial charge on any atom is 0.224 e. The fourth-order valence-corrected chi connectivity index (χ4v) is 1.86. The summed E-state index contributed by atoms with van der Waals surface area (Å²) in [5.74, 6) is 2.04. The van der Waals surface area contributed by atoms with Crippen LogP contribution in [0, 0.1) is 0 Å². The first kappa shape index (κ1) is 13.6. The quantitative estimate of drug-likeness (QED) is 0.883. The zero-order valence-electron chi connectivity index (χ0n) is 10.8. The van der Waals surface area contributed by atoms with E-state index in [1.165, 1.54) is 0 Å². The Hall–Kier alpha value is -1.82. The second-order valence-corrected chi connectivity index (χ2v) is 4.60. The molecule has 0 saturated heterocycles. The molecule has 6 heteroatoms. The highest BCUT2D eigenvalue weighted by Crippen LogP contribution is 2.29. The Kier molecular flexibility index (Phi) is 4.57. The van der Waals surface area contributed by atoms with Crippen LogP contribution in [0.5, 0.6) is 5.75 Å². The van der Waals surface area contributed by atoms with Crippen molar-refractivity contribution in [3.05, 3.63) is 34.9 Å². The van der Waals surface area contributed by atoms with Gasteiger partial charge in [-0.1, -0.05) is 12.1 Å². The van der Waals surface area contributed by atoms with E-state index in [0.29, 0.717) is 11.8 Å². The molecule has 0 fully saturated rings. The van der Waals surface area contributed by atoms with Crippen molar-refractivity contribution in [1.82, 2.24) is 9.97 Å². The number of hydrogen-bond donors (Lipinski definition) is 2. The van der Waals surface area contributed by atoms with Crippen molar-refractivity contribution in [2.24, 2.45) is 0 Å². The molecule has 0 amide bonds. The number of halogens is 1. The van der Waals surface area contributed by atoms with Crippen molar-refractivity contribution in [2.75, 3.05) is 24.3 Å². The minimum Gasteiger partial charge on any atom is -0.495 e. The molecule has 0 aliphatic rings. The number of benzene rings is 1. The highest BCUT2D eigenvalue weighted by atomic mass is 79.9. The summed E-state index contributed by atoms with van der Waals surface area (Å²) in [7, 11) is 1.64. The summed E-state index contributed by atoms with van der Waals surface area (Å²) in [5.41, 5.74) is 0.854. The lowest BCUT2D eigenvalue weighted by atomic mass is 10.3. The molecule has 2 aromatic rings. The SMILES string of the molecule is CCNc1ncc(Br)c(Nc2ccccc2OC)n1. The van der Waals surface area contributed by atoms with Crippen LogP contribution in [-0.2, 0) is 0 Å². The summed E-state index contributed by atoms with van der Waals surface area (Å²) >= 11 is 3.43. The molecular weight excluding hydrogens is 308 g/mol. The first-order valence-electron chi connectivity index (χ1n) is 5.91. The summed E-state index contributed by atoms with van der Waals surface area (Å²) in [6.07, 6.45) is 1.71. The number of hydrogen-bond acceptors (Lipinski definition) is 5. The number of nitrogens with one attached hydrogen (secondary N) is 2. The van der Waals surface area contributed by atoms with Crippen LogP contribution in [0.4, 0.5) is 17.5 Å². The molecule has 2 N–H and O–H groups in total. The predicted octanol–water partition coefficient (Wildman–Crippen LogP) is 3.42.